The zero-order valence-corrected chi connectivity index (χ0v) is 14.0. The molecule has 0 unspecified atom stereocenters. The molecule has 0 aromatic carbocycles. The van der Waals surface area contributed by atoms with Gasteiger partial charge in [0.25, 0.3) is 0 Å². The van der Waals surface area contributed by atoms with Gasteiger partial charge in [-0.05, 0) is 33.6 Å². The third kappa shape index (κ3) is 3.50. The van der Waals surface area contributed by atoms with Crippen molar-refractivity contribution in [3.05, 3.63) is 0 Å². The Kier molecular flexibility index (Phi) is 4.84. The molecule has 0 saturated carbocycles. The number of carbonyl (C=O) groups is 1. The lowest BCUT2D eigenvalue weighted by Crippen LogP contribution is -2.66. The number of aliphatic hydroxyl groups is 1. The van der Waals surface area contributed by atoms with Gasteiger partial charge in [-0.2, -0.15) is 13.2 Å². The average Bonchev–Trinajstić information content (AvgIpc) is 2.70. The summed E-state index contributed by atoms with van der Waals surface area (Å²) in [6.45, 7) is 9.07. The molecular weight excluding hydrogens is 299 g/mol. The van der Waals surface area contributed by atoms with Crippen LogP contribution in [0.1, 0.15) is 54.4 Å². The molecule has 0 aromatic heterocycles. The molecule has 22 heavy (non-hydrogen) atoms. The van der Waals surface area contributed by atoms with Gasteiger partial charge in [0, 0.05) is 12.0 Å². The second-order valence-corrected chi connectivity index (χ2v) is 7.85. The Morgan fingerprint density at radius 2 is 1.64 bits per heavy atom. The largest absolute Gasteiger partial charge is 0.444 e. The van der Waals surface area contributed by atoms with Crippen LogP contribution in [0.2, 0.25) is 0 Å². The van der Waals surface area contributed by atoms with Gasteiger partial charge in [-0.3, -0.25) is 0 Å². The van der Waals surface area contributed by atoms with Gasteiger partial charge in [-0.15, -0.1) is 0 Å². The second kappa shape index (κ2) is 5.58. The Balaban J connectivity index is 3.18. The first-order valence-electron chi connectivity index (χ1n) is 7.40. The highest BCUT2D eigenvalue weighted by Gasteiger charge is 2.67. The fraction of sp³-hybridized carbons (Fsp3) is 0.933. The molecule has 1 N–H and O–H groups in total. The molecule has 1 aliphatic rings. The molecule has 1 heterocycles. The number of halogens is 3. The maximum atomic E-state index is 13.6. The van der Waals surface area contributed by atoms with Gasteiger partial charge in [0.15, 0.2) is 5.60 Å². The van der Waals surface area contributed by atoms with Crippen LogP contribution in [0.3, 0.4) is 0 Å². The van der Waals surface area contributed by atoms with E-state index in [1.807, 2.05) is 0 Å². The minimum absolute atomic E-state index is 0.0898. The molecule has 1 fully saturated rings. The summed E-state index contributed by atoms with van der Waals surface area (Å²) >= 11 is 0. The maximum absolute atomic E-state index is 13.6. The first kappa shape index (κ1) is 19.1. The Bertz CT molecular complexity index is 407. The van der Waals surface area contributed by atoms with Crippen molar-refractivity contribution in [1.29, 1.82) is 0 Å². The van der Waals surface area contributed by atoms with E-state index in [1.165, 1.54) is 20.8 Å². The number of ether oxygens (including phenoxy) is 1. The highest BCUT2D eigenvalue weighted by Crippen LogP contribution is 2.49. The minimum atomic E-state index is -4.85. The fourth-order valence-electron chi connectivity index (χ4n) is 2.85. The van der Waals surface area contributed by atoms with Gasteiger partial charge >= 0.3 is 12.3 Å². The van der Waals surface area contributed by atoms with Gasteiger partial charge in [0.05, 0.1) is 6.04 Å². The molecule has 4 nitrogen and oxygen atoms in total. The zero-order chi connectivity index (χ0) is 17.6. The topological polar surface area (TPSA) is 49.8 Å². The Labute approximate surface area is 129 Å². The minimum Gasteiger partial charge on any atom is -0.444 e. The van der Waals surface area contributed by atoms with E-state index >= 15 is 0 Å². The highest BCUT2D eigenvalue weighted by molar-refractivity contribution is 5.69. The highest BCUT2D eigenvalue weighted by atomic mass is 19.4. The lowest BCUT2D eigenvalue weighted by atomic mass is 9.70. The third-order valence-electron chi connectivity index (χ3n) is 3.94. The second-order valence-electron chi connectivity index (χ2n) is 7.85. The van der Waals surface area contributed by atoms with Gasteiger partial charge < -0.3 is 14.7 Å². The van der Waals surface area contributed by atoms with E-state index in [2.05, 4.69) is 0 Å². The molecule has 0 spiro atoms. The van der Waals surface area contributed by atoms with Crippen LogP contribution in [-0.4, -0.2) is 46.1 Å². The Hall–Kier alpha value is -0.980. The van der Waals surface area contributed by atoms with Gasteiger partial charge in [0.1, 0.15) is 5.60 Å². The molecule has 0 aliphatic carbocycles. The smallest absolute Gasteiger partial charge is 0.419 e. The quantitative estimate of drug-likeness (QED) is 0.799. The van der Waals surface area contributed by atoms with Crippen LogP contribution in [0.15, 0.2) is 0 Å². The number of hydrogen-bond acceptors (Lipinski definition) is 3. The Morgan fingerprint density at radius 3 is 2.00 bits per heavy atom. The summed E-state index contributed by atoms with van der Waals surface area (Å²) in [5.41, 5.74) is -5.27. The lowest BCUT2D eigenvalue weighted by Gasteiger charge is -2.47. The predicted octanol–water partition coefficient (Wildman–Crippen LogP) is 3.73. The SMILES string of the molecule is CC(C)(C)OC(=O)N1CCC[C@H]1[C@](O)(C(C)(C)C)C(F)(F)F. The zero-order valence-electron chi connectivity index (χ0n) is 14.0. The number of carbonyl (C=O) groups excluding carboxylic acids is 1. The first-order valence-corrected chi connectivity index (χ1v) is 7.40. The molecule has 7 heteroatoms. The summed E-state index contributed by atoms with van der Waals surface area (Å²) in [5.74, 6) is 0. The normalized spacial score (nSPS) is 23.4. The van der Waals surface area contributed by atoms with Crippen molar-refractivity contribution in [2.75, 3.05) is 6.54 Å². The molecule has 1 amide bonds. The van der Waals surface area contributed by atoms with Crippen molar-refractivity contribution >= 4 is 6.09 Å². The third-order valence-corrected chi connectivity index (χ3v) is 3.94. The molecule has 1 rings (SSSR count). The summed E-state index contributed by atoms with van der Waals surface area (Å²) in [6, 6.07) is -1.35. The standard InChI is InChI=1S/C15H26F3NO3/c1-12(2,3)14(21,15(16,17)18)10-8-7-9-19(10)11(20)22-13(4,5)6/h10,21H,7-9H2,1-6H3/t10-,14-/m0/s1. The summed E-state index contributed by atoms with van der Waals surface area (Å²) in [4.78, 5) is 13.2. The number of hydrogen-bond donors (Lipinski definition) is 1. The van der Waals surface area contributed by atoms with Crippen molar-refractivity contribution in [1.82, 2.24) is 4.90 Å². The molecule has 1 aliphatic heterocycles. The van der Waals surface area contributed by atoms with E-state index in [-0.39, 0.29) is 13.0 Å². The number of alkyl halides is 3. The summed E-state index contributed by atoms with van der Waals surface area (Å²) < 4.78 is 46.0. The summed E-state index contributed by atoms with van der Waals surface area (Å²) in [6.07, 6.45) is -5.17. The maximum Gasteiger partial charge on any atom is 0.419 e. The van der Waals surface area contributed by atoms with Crippen LogP contribution in [0, 0.1) is 5.41 Å². The molecule has 1 saturated heterocycles. The van der Waals surface area contributed by atoms with Crippen LogP contribution >= 0.6 is 0 Å². The van der Waals surface area contributed by atoms with E-state index in [0.717, 1.165) is 4.90 Å². The van der Waals surface area contributed by atoms with E-state index in [1.54, 1.807) is 20.8 Å². The molecular formula is C15H26F3NO3. The number of nitrogens with zero attached hydrogens (tertiary/aromatic N) is 1. The van der Waals surface area contributed by atoms with Crippen molar-refractivity contribution in [2.24, 2.45) is 5.41 Å². The van der Waals surface area contributed by atoms with Crippen LogP contribution < -0.4 is 0 Å². The van der Waals surface area contributed by atoms with Crippen molar-refractivity contribution in [2.45, 2.75) is 77.8 Å². The summed E-state index contributed by atoms with van der Waals surface area (Å²) in [5, 5.41) is 10.5. The monoisotopic (exact) mass is 325 g/mol. The Morgan fingerprint density at radius 1 is 1.14 bits per heavy atom. The van der Waals surface area contributed by atoms with Gasteiger partial charge in [0.2, 0.25) is 0 Å². The van der Waals surface area contributed by atoms with Crippen molar-refractivity contribution in [3.8, 4) is 0 Å². The first-order chi connectivity index (χ1) is 9.61. The van der Waals surface area contributed by atoms with Crippen molar-refractivity contribution < 1.29 is 27.8 Å². The van der Waals surface area contributed by atoms with E-state index in [9.17, 15) is 23.1 Å². The van der Waals surface area contributed by atoms with E-state index < -0.39 is 34.9 Å². The molecule has 0 aromatic rings. The summed E-state index contributed by atoms with van der Waals surface area (Å²) in [7, 11) is 0. The van der Waals surface area contributed by atoms with Crippen LogP contribution in [0.25, 0.3) is 0 Å². The number of rotatable bonds is 1. The number of amides is 1. The van der Waals surface area contributed by atoms with Crippen LogP contribution in [-0.2, 0) is 4.74 Å². The van der Waals surface area contributed by atoms with Gasteiger partial charge in [-0.1, -0.05) is 20.8 Å². The molecule has 0 radical (unpaired) electrons. The molecule has 0 bridgehead atoms. The van der Waals surface area contributed by atoms with E-state index in [0.29, 0.717) is 6.42 Å². The van der Waals surface area contributed by atoms with Crippen LogP contribution in [0.4, 0.5) is 18.0 Å². The fourth-order valence-corrected chi connectivity index (χ4v) is 2.85. The van der Waals surface area contributed by atoms with Crippen molar-refractivity contribution in [3.63, 3.8) is 0 Å². The van der Waals surface area contributed by atoms with E-state index in [4.69, 9.17) is 4.74 Å². The van der Waals surface area contributed by atoms with Gasteiger partial charge in [-0.25, -0.2) is 4.79 Å². The molecule has 130 valence electrons. The number of likely N-dealkylation sites (tertiary alicyclic amines) is 1. The predicted molar refractivity (Wildman–Crippen MR) is 76.4 cm³/mol. The molecule has 2 atom stereocenters. The average molecular weight is 325 g/mol. The van der Waals surface area contributed by atoms with Crippen LogP contribution in [0.5, 0.6) is 0 Å². The lowest BCUT2D eigenvalue weighted by molar-refractivity contribution is -0.311.